The fraction of sp³-hybridized carbons (Fsp3) is 0.0909. The molecule has 28 heavy (non-hydrogen) atoms. The predicted octanol–water partition coefficient (Wildman–Crippen LogP) is 5.16. The number of H-pyrrole nitrogens is 1. The van der Waals surface area contributed by atoms with Gasteiger partial charge in [0, 0.05) is 28.6 Å². The van der Waals surface area contributed by atoms with Crippen molar-refractivity contribution in [3.63, 3.8) is 0 Å². The van der Waals surface area contributed by atoms with Crippen LogP contribution in [0.3, 0.4) is 0 Å². The molecule has 5 nitrogen and oxygen atoms in total. The Hall–Kier alpha value is -3.38. The summed E-state index contributed by atoms with van der Waals surface area (Å²) in [5.41, 5.74) is 3.63. The maximum Gasteiger partial charge on any atom is 0.248 e. The monoisotopic (exact) mass is 389 g/mol. The van der Waals surface area contributed by atoms with Crippen LogP contribution < -0.4 is 10.1 Å². The number of nitrogens with one attached hydrogen (secondary N) is 2. The van der Waals surface area contributed by atoms with Crippen molar-refractivity contribution in [3.05, 3.63) is 82.4 Å². The maximum absolute atomic E-state index is 12.2. The van der Waals surface area contributed by atoms with Crippen molar-refractivity contribution in [2.45, 2.75) is 13.5 Å². The number of ether oxygens (including phenoxy) is 1. The van der Waals surface area contributed by atoms with Gasteiger partial charge >= 0.3 is 0 Å². The van der Waals surface area contributed by atoms with Crippen LogP contribution in [0.25, 0.3) is 17.0 Å². The van der Waals surface area contributed by atoms with Crippen molar-refractivity contribution in [1.29, 1.82) is 0 Å². The van der Waals surface area contributed by atoms with Crippen molar-refractivity contribution in [3.8, 4) is 5.75 Å². The highest BCUT2D eigenvalue weighted by Gasteiger charge is 2.04. The number of hydrogen-bond acceptors (Lipinski definition) is 4. The molecular weight excluding hydrogens is 370 g/mol. The number of fused-ring (bicyclic) bond motifs is 1. The summed E-state index contributed by atoms with van der Waals surface area (Å²) < 4.78 is 5.74. The van der Waals surface area contributed by atoms with Gasteiger partial charge in [0.2, 0.25) is 5.91 Å². The van der Waals surface area contributed by atoms with Gasteiger partial charge in [0.15, 0.2) is 0 Å². The number of benzene rings is 2. The quantitative estimate of drug-likeness (QED) is 0.447. The van der Waals surface area contributed by atoms with E-state index in [0.29, 0.717) is 6.61 Å². The van der Waals surface area contributed by atoms with Crippen LogP contribution in [0, 0.1) is 6.92 Å². The molecule has 1 amide bonds. The van der Waals surface area contributed by atoms with E-state index in [9.17, 15) is 4.79 Å². The lowest BCUT2D eigenvalue weighted by molar-refractivity contribution is -0.111. The number of carbonyl (C=O) groups is 1. The van der Waals surface area contributed by atoms with Gasteiger partial charge in [0.1, 0.15) is 12.4 Å². The Morgan fingerprint density at radius 1 is 1.21 bits per heavy atom. The van der Waals surface area contributed by atoms with Gasteiger partial charge in [-0.2, -0.15) is 0 Å². The Kier molecular flexibility index (Phi) is 5.21. The highest BCUT2D eigenvalue weighted by atomic mass is 32.1. The third-order valence-corrected chi connectivity index (χ3v) is 5.04. The second-order valence-electron chi connectivity index (χ2n) is 6.28. The molecule has 6 heteroatoms. The molecule has 0 fully saturated rings. The first-order valence-corrected chi connectivity index (χ1v) is 9.74. The second-order valence-corrected chi connectivity index (χ2v) is 7.34. The molecule has 0 aliphatic carbocycles. The van der Waals surface area contributed by atoms with Crippen LogP contribution in [0.1, 0.15) is 16.3 Å². The standard InChI is InChI=1S/C22H19N3O2S/c1-15-24-17(14-28-15)13-27-18-8-5-16(6-9-18)7-10-22(26)25-21-4-2-3-20-19(21)11-12-23-20/h2-12,14,23H,13H2,1H3,(H,25,26)/b10-7+. The van der Waals surface area contributed by atoms with Crippen molar-refractivity contribution in [1.82, 2.24) is 9.97 Å². The number of aromatic nitrogens is 2. The number of rotatable bonds is 6. The lowest BCUT2D eigenvalue weighted by Crippen LogP contribution is -2.07. The number of anilines is 1. The van der Waals surface area contributed by atoms with E-state index in [4.69, 9.17) is 4.74 Å². The van der Waals surface area contributed by atoms with E-state index in [2.05, 4.69) is 15.3 Å². The molecule has 140 valence electrons. The van der Waals surface area contributed by atoms with E-state index in [-0.39, 0.29) is 5.91 Å². The average Bonchev–Trinajstić information content (AvgIpc) is 3.35. The molecule has 0 spiro atoms. The largest absolute Gasteiger partial charge is 0.487 e. The van der Waals surface area contributed by atoms with E-state index in [1.165, 1.54) is 6.08 Å². The van der Waals surface area contributed by atoms with Crippen LogP contribution in [-0.4, -0.2) is 15.9 Å². The van der Waals surface area contributed by atoms with E-state index in [1.807, 2.05) is 67.0 Å². The number of aromatic amines is 1. The molecular formula is C22H19N3O2S. The van der Waals surface area contributed by atoms with Gasteiger partial charge in [0.05, 0.1) is 16.4 Å². The van der Waals surface area contributed by atoms with Crippen molar-refractivity contribution >= 4 is 39.9 Å². The smallest absolute Gasteiger partial charge is 0.248 e. The fourth-order valence-electron chi connectivity index (χ4n) is 2.85. The Morgan fingerprint density at radius 2 is 2.07 bits per heavy atom. The number of thiazole rings is 1. The molecule has 0 aliphatic heterocycles. The van der Waals surface area contributed by atoms with Crippen LogP contribution >= 0.6 is 11.3 Å². The normalized spacial score (nSPS) is 11.2. The summed E-state index contributed by atoms with van der Waals surface area (Å²) in [5.74, 6) is 0.597. The van der Waals surface area contributed by atoms with E-state index >= 15 is 0 Å². The van der Waals surface area contributed by atoms with Gasteiger partial charge in [-0.1, -0.05) is 18.2 Å². The van der Waals surface area contributed by atoms with Gasteiger partial charge < -0.3 is 15.0 Å². The van der Waals surface area contributed by atoms with Crippen molar-refractivity contribution in [2.75, 3.05) is 5.32 Å². The highest BCUT2D eigenvalue weighted by Crippen LogP contribution is 2.22. The zero-order valence-electron chi connectivity index (χ0n) is 15.3. The Balaban J connectivity index is 1.35. The van der Waals surface area contributed by atoms with Gasteiger partial charge in [-0.25, -0.2) is 4.98 Å². The third-order valence-electron chi connectivity index (χ3n) is 4.21. The summed E-state index contributed by atoms with van der Waals surface area (Å²) in [7, 11) is 0. The van der Waals surface area contributed by atoms with Gasteiger partial charge in [0.25, 0.3) is 0 Å². The van der Waals surface area contributed by atoms with Crippen LogP contribution in [0.2, 0.25) is 0 Å². The SMILES string of the molecule is Cc1nc(COc2ccc(/C=C/C(=O)Nc3cccc4[nH]ccc34)cc2)cs1. The first-order valence-electron chi connectivity index (χ1n) is 8.86. The maximum atomic E-state index is 12.2. The molecule has 4 aromatic rings. The molecule has 2 aromatic heterocycles. The summed E-state index contributed by atoms with van der Waals surface area (Å²) in [6, 6.07) is 15.3. The molecule has 0 atom stereocenters. The Labute approximate surface area is 166 Å². The summed E-state index contributed by atoms with van der Waals surface area (Å²) in [4.78, 5) is 19.8. The molecule has 2 aromatic carbocycles. The third kappa shape index (κ3) is 4.29. The fourth-order valence-corrected chi connectivity index (χ4v) is 3.44. The summed E-state index contributed by atoms with van der Waals surface area (Å²) in [6.45, 7) is 2.43. The number of carbonyl (C=O) groups excluding carboxylic acids is 1. The zero-order chi connectivity index (χ0) is 19.3. The van der Waals surface area contributed by atoms with Crippen LogP contribution in [0.15, 0.2) is 66.2 Å². The Bertz CT molecular complexity index is 1130. The Morgan fingerprint density at radius 3 is 2.86 bits per heavy atom. The summed E-state index contributed by atoms with van der Waals surface area (Å²) in [6.07, 6.45) is 5.16. The molecule has 4 rings (SSSR count). The topological polar surface area (TPSA) is 67.0 Å². The highest BCUT2D eigenvalue weighted by molar-refractivity contribution is 7.09. The van der Waals surface area contributed by atoms with Crippen LogP contribution in [-0.2, 0) is 11.4 Å². The van der Waals surface area contributed by atoms with Crippen LogP contribution in [0.4, 0.5) is 5.69 Å². The number of hydrogen-bond donors (Lipinski definition) is 2. The van der Waals surface area contributed by atoms with E-state index < -0.39 is 0 Å². The minimum absolute atomic E-state index is 0.173. The van der Waals surface area contributed by atoms with Gasteiger partial charge in [-0.3, -0.25) is 4.79 Å². The summed E-state index contributed by atoms with van der Waals surface area (Å²) in [5, 5.41) is 6.94. The van der Waals surface area contributed by atoms with Gasteiger partial charge in [-0.05, 0) is 48.9 Å². The molecule has 0 aliphatic rings. The molecule has 0 saturated heterocycles. The second kappa shape index (κ2) is 8.10. The zero-order valence-corrected chi connectivity index (χ0v) is 16.1. The van der Waals surface area contributed by atoms with Crippen LogP contribution in [0.5, 0.6) is 5.75 Å². The number of nitrogens with zero attached hydrogens (tertiary/aromatic N) is 1. The van der Waals surface area contributed by atoms with Gasteiger partial charge in [-0.15, -0.1) is 11.3 Å². The number of amides is 1. The molecule has 0 radical (unpaired) electrons. The van der Waals surface area contributed by atoms with E-state index in [0.717, 1.165) is 38.6 Å². The first kappa shape index (κ1) is 18.0. The van der Waals surface area contributed by atoms with E-state index in [1.54, 1.807) is 17.4 Å². The number of aryl methyl sites for hydroxylation is 1. The molecule has 0 unspecified atom stereocenters. The van der Waals surface area contributed by atoms with Crippen molar-refractivity contribution < 1.29 is 9.53 Å². The minimum Gasteiger partial charge on any atom is -0.487 e. The molecule has 2 heterocycles. The molecule has 2 N–H and O–H groups in total. The van der Waals surface area contributed by atoms with Crippen molar-refractivity contribution in [2.24, 2.45) is 0 Å². The lowest BCUT2D eigenvalue weighted by Gasteiger charge is -2.05. The molecule has 0 saturated carbocycles. The summed E-state index contributed by atoms with van der Waals surface area (Å²) >= 11 is 1.61. The predicted molar refractivity (Wildman–Crippen MR) is 114 cm³/mol. The molecule has 0 bridgehead atoms. The first-order chi connectivity index (χ1) is 13.7. The minimum atomic E-state index is -0.173. The lowest BCUT2D eigenvalue weighted by atomic mass is 10.2. The average molecular weight is 389 g/mol.